The Morgan fingerprint density at radius 3 is 2.52 bits per heavy atom. The standard InChI is InChI=1S/C22H26Cl2FN3O5/c1-3-32-21(30)12-7-8-28(20(12)26)18-15(25)9-13(16(23)17(18)24)19(29)14(22(31)33-4-2)10-27-11-5-6-11/h9-12,20,29H,3-8,26H2,1-2H3. The molecule has 11 heteroatoms. The molecular weight excluding hydrogens is 476 g/mol. The SMILES string of the molecule is CCOC(=O)C(C=NC1CC1)=C(O)c1cc(F)c(N2CCC(C(=O)OCC)C2N)c(Cl)c1Cl. The fourth-order valence-corrected chi connectivity index (χ4v) is 4.11. The number of nitrogens with two attached hydrogens (primary N) is 1. The van der Waals surface area contributed by atoms with Gasteiger partial charge in [0.25, 0.3) is 0 Å². The average Bonchev–Trinajstić information content (AvgIpc) is 3.52. The largest absolute Gasteiger partial charge is 0.506 e. The summed E-state index contributed by atoms with van der Waals surface area (Å²) in [6.07, 6.45) is 2.45. The van der Waals surface area contributed by atoms with Gasteiger partial charge in [-0.05, 0) is 39.2 Å². The molecule has 3 N–H and O–H groups in total. The number of rotatable bonds is 8. The van der Waals surface area contributed by atoms with Gasteiger partial charge in [-0.1, -0.05) is 23.2 Å². The van der Waals surface area contributed by atoms with Crippen molar-refractivity contribution in [3.05, 3.63) is 33.1 Å². The number of hydrogen-bond acceptors (Lipinski definition) is 8. The average molecular weight is 502 g/mol. The minimum Gasteiger partial charge on any atom is -0.506 e. The molecule has 1 heterocycles. The fraction of sp³-hybridized carbons (Fsp3) is 0.500. The molecular formula is C22H26Cl2FN3O5. The molecule has 2 atom stereocenters. The first-order valence-electron chi connectivity index (χ1n) is 10.7. The summed E-state index contributed by atoms with van der Waals surface area (Å²) in [5.41, 5.74) is 5.64. The summed E-state index contributed by atoms with van der Waals surface area (Å²) in [4.78, 5) is 30.2. The monoisotopic (exact) mass is 501 g/mol. The molecule has 0 spiro atoms. The number of halogens is 3. The number of nitrogens with zero attached hydrogens (tertiary/aromatic N) is 2. The number of aliphatic hydroxyl groups is 1. The highest BCUT2D eigenvalue weighted by Crippen LogP contribution is 2.43. The molecule has 2 aliphatic rings. The third kappa shape index (κ3) is 5.42. The van der Waals surface area contributed by atoms with Crippen LogP contribution < -0.4 is 10.6 Å². The first kappa shape index (κ1) is 25.3. The van der Waals surface area contributed by atoms with Crippen molar-refractivity contribution in [1.29, 1.82) is 0 Å². The van der Waals surface area contributed by atoms with Gasteiger partial charge in [-0.2, -0.15) is 0 Å². The predicted octanol–water partition coefficient (Wildman–Crippen LogP) is 3.87. The van der Waals surface area contributed by atoms with Crippen LogP contribution in [0, 0.1) is 11.7 Å². The Bertz CT molecular complexity index is 997. The van der Waals surface area contributed by atoms with Crippen molar-refractivity contribution in [3.63, 3.8) is 0 Å². The number of carbonyl (C=O) groups is 2. The molecule has 1 aliphatic heterocycles. The summed E-state index contributed by atoms with van der Waals surface area (Å²) in [5, 5.41) is 10.4. The molecule has 1 saturated heterocycles. The van der Waals surface area contributed by atoms with Gasteiger partial charge < -0.3 is 25.2 Å². The molecule has 33 heavy (non-hydrogen) atoms. The summed E-state index contributed by atoms with van der Waals surface area (Å²) in [7, 11) is 0. The molecule has 180 valence electrons. The molecule has 1 saturated carbocycles. The Morgan fingerprint density at radius 1 is 1.24 bits per heavy atom. The van der Waals surface area contributed by atoms with Gasteiger partial charge in [0, 0.05) is 18.3 Å². The summed E-state index contributed by atoms with van der Waals surface area (Å²) >= 11 is 12.8. The maximum Gasteiger partial charge on any atom is 0.343 e. The number of ether oxygens (including phenoxy) is 2. The molecule has 3 rings (SSSR count). The number of esters is 2. The van der Waals surface area contributed by atoms with Crippen LogP contribution in [-0.4, -0.2) is 55.2 Å². The van der Waals surface area contributed by atoms with Crippen molar-refractivity contribution in [2.24, 2.45) is 16.6 Å². The van der Waals surface area contributed by atoms with Gasteiger partial charge in [-0.3, -0.25) is 9.79 Å². The van der Waals surface area contributed by atoms with Crippen LogP contribution in [0.1, 0.15) is 38.7 Å². The van der Waals surface area contributed by atoms with E-state index >= 15 is 4.39 Å². The second-order valence-electron chi connectivity index (χ2n) is 7.71. The number of aliphatic hydroxyl groups excluding tert-OH is 1. The maximum absolute atomic E-state index is 15.2. The highest BCUT2D eigenvalue weighted by Gasteiger charge is 2.40. The normalized spacial score (nSPS) is 21.3. The van der Waals surface area contributed by atoms with E-state index in [-0.39, 0.29) is 52.7 Å². The van der Waals surface area contributed by atoms with Crippen LogP contribution in [0.5, 0.6) is 0 Å². The first-order valence-corrected chi connectivity index (χ1v) is 11.5. The van der Waals surface area contributed by atoms with E-state index in [1.54, 1.807) is 13.8 Å². The van der Waals surface area contributed by atoms with Crippen LogP contribution >= 0.6 is 23.2 Å². The van der Waals surface area contributed by atoms with E-state index in [0.717, 1.165) is 18.9 Å². The lowest BCUT2D eigenvalue weighted by Gasteiger charge is -2.28. The molecule has 1 aliphatic carbocycles. The fourth-order valence-electron chi connectivity index (χ4n) is 3.57. The van der Waals surface area contributed by atoms with Crippen molar-refractivity contribution in [3.8, 4) is 0 Å². The van der Waals surface area contributed by atoms with Crippen molar-refractivity contribution in [1.82, 2.24) is 0 Å². The van der Waals surface area contributed by atoms with Gasteiger partial charge in [0.1, 0.15) is 17.1 Å². The highest BCUT2D eigenvalue weighted by atomic mass is 35.5. The molecule has 2 unspecified atom stereocenters. The predicted molar refractivity (Wildman–Crippen MR) is 124 cm³/mol. The number of benzene rings is 1. The molecule has 0 bridgehead atoms. The quantitative estimate of drug-likeness (QED) is 0.182. The summed E-state index contributed by atoms with van der Waals surface area (Å²) in [6, 6.07) is 1.04. The second kappa shape index (κ2) is 10.7. The number of anilines is 1. The molecule has 2 fully saturated rings. The zero-order valence-electron chi connectivity index (χ0n) is 18.3. The molecule has 8 nitrogen and oxygen atoms in total. The van der Waals surface area contributed by atoms with Gasteiger partial charge in [0.15, 0.2) is 0 Å². The van der Waals surface area contributed by atoms with Gasteiger partial charge in [-0.15, -0.1) is 0 Å². The van der Waals surface area contributed by atoms with Crippen LogP contribution in [0.15, 0.2) is 16.6 Å². The van der Waals surface area contributed by atoms with Crippen molar-refractivity contribution in [2.75, 3.05) is 24.7 Å². The van der Waals surface area contributed by atoms with Crippen LogP contribution in [0.25, 0.3) is 5.76 Å². The van der Waals surface area contributed by atoms with Gasteiger partial charge in [-0.25, -0.2) is 9.18 Å². The van der Waals surface area contributed by atoms with E-state index in [1.165, 1.54) is 11.1 Å². The molecule has 0 aromatic heterocycles. The zero-order chi connectivity index (χ0) is 24.3. The van der Waals surface area contributed by atoms with Gasteiger partial charge in [0.2, 0.25) is 0 Å². The Labute approximate surface area is 201 Å². The number of aliphatic imine (C=N–C) groups is 1. The third-order valence-corrected chi connectivity index (χ3v) is 6.29. The Kier molecular flexibility index (Phi) is 8.20. The van der Waals surface area contributed by atoms with E-state index in [1.807, 2.05) is 0 Å². The van der Waals surface area contributed by atoms with Gasteiger partial charge >= 0.3 is 11.9 Å². The lowest BCUT2D eigenvalue weighted by molar-refractivity contribution is -0.148. The van der Waals surface area contributed by atoms with Crippen LogP contribution in [0.4, 0.5) is 10.1 Å². The van der Waals surface area contributed by atoms with Crippen LogP contribution in [0.3, 0.4) is 0 Å². The van der Waals surface area contributed by atoms with Crippen molar-refractivity contribution in [2.45, 2.75) is 45.3 Å². The van der Waals surface area contributed by atoms with Crippen molar-refractivity contribution >= 4 is 52.8 Å². The lowest BCUT2D eigenvalue weighted by Crippen LogP contribution is -2.44. The molecule has 0 amide bonds. The van der Waals surface area contributed by atoms with E-state index in [4.69, 9.17) is 38.4 Å². The van der Waals surface area contributed by atoms with Crippen LogP contribution in [0.2, 0.25) is 10.0 Å². The molecule has 1 aromatic rings. The van der Waals surface area contributed by atoms with Gasteiger partial charge in [0.05, 0.1) is 47.1 Å². The van der Waals surface area contributed by atoms with Crippen molar-refractivity contribution < 1.29 is 28.6 Å². The second-order valence-corrected chi connectivity index (χ2v) is 8.46. The Hall–Kier alpha value is -2.36. The van der Waals surface area contributed by atoms with E-state index in [2.05, 4.69) is 4.99 Å². The summed E-state index contributed by atoms with van der Waals surface area (Å²) in [5.74, 6) is -3.38. The smallest absolute Gasteiger partial charge is 0.343 e. The zero-order valence-corrected chi connectivity index (χ0v) is 19.8. The van der Waals surface area contributed by atoms with E-state index < -0.39 is 35.6 Å². The minimum atomic E-state index is -0.872. The Balaban J connectivity index is 2.00. The summed E-state index contributed by atoms with van der Waals surface area (Å²) < 4.78 is 25.3. The van der Waals surface area contributed by atoms with Crippen LogP contribution in [-0.2, 0) is 19.1 Å². The third-order valence-electron chi connectivity index (χ3n) is 5.43. The number of hydrogen-bond donors (Lipinski definition) is 2. The molecule has 1 aromatic carbocycles. The van der Waals surface area contributed by atoms with E-state index in [9.17, 15) is 14.7 Å². The van der Waals surface area contributed by atoms with E-state index in [0.29, 0.717) is 6.42 Å². The minimum absolute atomic E-state index is 0.0726. The summed E-state index contributed by atoms with van der Waals surface area (Å²) in [6.45, 7) is 3.83. The number of carbonyl (C=O) groups excluding carboxylic acids is 2. The first-order chi connectivity index (χ1) is 15.7. The topological polar surface area (TPSA) is 114 Å². The maximum atomic E-state index is 15.2. The molecule has 0 radical (unpaired) electrons. The Morgan fingerprint density at radius 2 is 1.91 bits per heavy atom. The highest BCUT2D eigenvalue weighted by molar-refractivity contribution is 6.45. The lowest BCUT2D eigenvalue weighted by atomic mass is 10.1.